The summed E-state index contributed by atoms with van der Waals surface area (Å²) in [5.41, 5.74) is 1.44. The standard InChI is InChI=1S/C25H31FN8O4/c1-38-11-10-33(25(36)37)17-6-4-16(5-7-17)30-22-12-20(29-15-2-3-15)23-28-14-21(34(23)32-22)24(35)31-19-8-9-27-13-18(19)26/h8-9,12-17,29H,2-7,10-11H2,1H3,(H,30,32)(H,36,37)(H,27,31,35). The highest BCUT2D eigenvalue weighted by Gasteiger charge is 2.29. The summed E-state index contributed by atoms with van der Waals surface area (Å²) in [4.78, 5) is 34.3. The maximum Gasteiger partial charge on any atom is 0.407 e. The normalized spacial score (nSPS) is 19.2. The molecule has 0 radical (unpaired) electrons. The maximum absolute atomic E-state index is 14.1. The average Bonchev–Trinajstić information content (AvgIpc) is 3.61. The van der Waals surface area contributed by atoms with Gasteiger partial charge >= 0.3 is 6.09 Å². The van der Waals surface area contributed by atoms with E-state index >= 15 is 0 Å². The number of nitrogens with zero attached hydrogens (tertiary/aromatic N) is 5. The number of pyridine rings is 1. The lowest BCUT2D eigenvalue weighted by Crippen LogP contribution is -2.44. The number of carboxylic acid groups (broad SMARTS) is 1. The zero-order valence-corrected chi connectivity index (χ0v) is 21.1. The molecule has 0 spiro atoms. The smallest absolute Gasteiger partial charge is 0.407 e. The monoisotopic (exact) mass is 526 g/mol. The van der Waals surface area contributed by atoms with E-state index in [-0.39, 0.29) is 23.5 Å². The van der Waals surface area contributed by atoms with Crippen molar-refractivity contribution in [3.8, 4) is 0 Å². The molecular formula is C25H31FN8O4. The van der Waals surface area contributed by atoms with Crippen molar-refractivity contribution in [3.05, 3.63) is 42.2 Å². The van der Waals surface area contributed by atoms with Crippen LogP contribution in [0.1, 0.15) is 49.0 Å². The summed E-state index contributed by atoms with van der Waals surface area (Å²) in [6.45, 7) is 0.706. The Balaban J connectivity index is 1.33. The fraction of sp³-hybridized carbons (Fsp3) is 0.480. The Morgan fingerprint density at radius 3 is 2.55 bits per heavy atom. The van der Waals surface area contributed by atoms with Crippen molar-refractivity contribution in [1.82, 2.24) is 24.5 Å². The summed E-state index contributed by atoms with van der Waals surface area (Å²) in [6.07, 6.45) is 8.01. The van der Waals surface area contributed by atoms with Gasteiger partial charge in [0, 0.05) is 44.0 Å². The van der Waals surface area contributed by atoms with Gasteiger partial charge in [0.1, 0.15) is 5.82 Å². The number of hydrogen-bond donors (Lipinski definition) is 4. The number of methoxy groups -OCH3 is 1. The summed E-state index contributed by atoms with van der Waals surface area (Å²) < 4.78 is 20.6. The second-order valence-corrected chi connectivity index (χ2v) is 9.67. The molecule has 3 aromatic heterocycles. The van der Waals surface area contributed by atoms with Crippen molar-refractivity contribution in [2.45, 2.75) is 56.7 Å². The van der Waals surface area contributed by atoms with Crippen LogP contribution in [0.15, 0.2) is 30.7 Å². The van der Waals surface area contributed by atoms with Crippen LogP contribution in [0.4, 0.5) is 26.4 Å². The number of aromatic nitrogens is 4. The van der Waals surface area contributed by atoms with Crippen LogP contribution in [-0.2, 0) is 4.74 Å². The Kier molecular flexibility index (Phi) is 7.54. The fourth-order valence-electron chi connectivity index (χ4n) is 4.78. The molecule has 0 aliphatic heterocycles. The van der Waals surface area contributed by atoms with Crippen LogP contribution >= 0.6 is 0 Å². The van der Waals surface area contributed by atoms with E-state index in [4.69, 9.17) is 4.74 Å². The third-order valence-electron chi connectivity index (χ3n) is 6.93. The lowest BCUT2D eigenvalue weighted by molar-refractivity contribution is 0.0854. The van der Waals surface area contributed by atoms with Gasteiger partial charge in [0.05, 0.1) is 30.4 Å². The van der Waals surface area contributed by atoms with Crippen LogP contribution < -0.4 is 16.0 Å². The Bertz CT molecular complexity index is 1310. The molecule has 3 aromatic rings. The molecule has 3 heterocycles. The quantitative estimate of drug-likeness (QED) is 0.312. The van der Waals surface area contributed by atoms with Gasteiger partial charge in [0.25, 0.3) is 5.91 Å². The van der Waals surface area contributed by atoms with Gasteiger partial charge in [0.15, 0.2) is 17.2 Å². The van der Waals surface area contributed by atoms with Gasteiger partial charge < -0.3 is 30.7 Å². The van der Waals surface area contributed by atoms with Gasteiger partial charge in [-0.2, -0.15) is 0 Å². The van der Waals surface area contributed by atoms with Crippen LogP contribution in [-0.4, -0.2) is 80.0 Å². The molecule has 4 N–H and O–H groups in total. The van der Waals surface area contributed by atoms with E-state index in [1.165, 1.54) is 27.9 Å². The third-order valence-corrected chi connectivity index (χ3v) is 6.93. The first-order chi connectivity index (χ1) is 18.4. The van der Waals surface area contributed by atoms with Gasteiger partial charge in [-0.3, -0.25) is 9.78 Å². The number of fused-ring (bicyclic) bond motifs is 1. The van der Waals surface area contributed by atoms with Crippen molar-refractivity contribution in [2.75, 3.05) is 36.2 Å². The number of hydrogen-bond acceptors (Lipinski definition) is 8. The SMILES string of the molecule is COCCN(C(=O)O)C1CCC(Nc2cc(NC3CC3)c3ncc(C(=O)Nc4ccncc4F)n3n2)CC1. The highest BCUT2D eigenvalue weighted by molar-refractivity contribution is 6.03. The van der Waals surface area contributed by atoms with E-state index in [0.717, 1.165) is 50.4 Å². The molecule has 2 saturated carbocycles. The first-order valence-corrected chi connectivity index (χ1v) is 12.7. The van der Waals surface area contributed by atoms with E-state index in [1.807, 2.05) is 6.07 Å². The van der Waals surface area contributed by atoms with Crippen molar-refractivity contribution < 1.29 is 23.8 Å². The third kappa shape index (κ3) is 5.77. The number of halogens is 1. The molecule has 13 heteroatoms. The minimum Gasteiger partial charge on any atom is -0.465 e. The molecule has 38 heavy (non-hydrogen) atoms. The molecule has 2 amide bonds. The van der Waals surface area contributed by atoms with Gasteiger partial charge in [-0.25, -0.2) is 18.7 Å². The number of imidazole rings is 1. The summed E-state index contributed by atoms with van der Waals surface area (Å²) in [6, 6.07) is 3.65. The summed E-state index contributed by atoms with van der Waals surface area (Å²) in [7, 11) is 1.56. The van der Waals surface area contributed by atoms with Crippen LogP contribution in [0.25, 0.3) is 5.65 Å². The zero-order valence-electron chi connectivity index (χ0n) is 21.1. The predicted octanol–water partition coefficient (Wildman–Crippen LogP) is 3.44. The topological polar surface area (TPSA) is 146 Å². The molecule has 12 nitrogen and oxygen atoms in total. The number of amides is 2. The van der Waals surface area contributed by atoms with E-state index in [2.05, 4.69) is 31.0 Å². The van der Waals surface area contributed by atoms with Crippen molar-refractivity contribution in [3.63, 3.8) is 0 Å². The van der Waals surface area contributed by atoms with Crippen molar-refractivity contribution >= 4 is 34.8 Å². The Hall–Kier alpha value is -4.00. The second kappa shape index (κ2) is 11.2. The van der Waals surface area contributed by atoms with Gasteiger partial charge in [0.2, 0.25) is 0 Å². The summed E-state index contributed by atoms with van der Waals surface area (Å²) in [5, 5.41) is 23.7. The average molecular weight is 527 g/mol. The Labute approximate surface area is 218 Å². The number of ether oxygens (including phenoxy) is 1. The molecule has 2 fully saturated rings. The minimum atomic E-state index is -0.932. The highest BCUT2D eigenvalue weighted by atomic mass is 19.1. The zero-order chi connectivity index (χ0) is 26.6. The molecule has 5 rings (SSSR count). The van der Waals surface area contributed by atoms with E-state index in [0.29, 0.717) is 30.7 Å². The largest absolute Gasteiger partial charge is 0.465 e. The van der Waals surface area contributed by atoms with Crippen LogP contribution in [0.2, 0.25) is 0 Å². The number of rotatable bonds is 10. The highest BCUT2D eigenvalue weighted by Crippen LogP contribution is 2.30. The minimum absolute atomic E-state index is 0.0169. The van der Waals surface area contributed by atoms with Crippen LogP contribution in [0.5, 0.6) is 0 Å². The summed E-state index contributed by atoms with van der Waals surface area (Å²) in [5.74, 6) is -0.615. The van der Waals surface area contributed by atoms with E-state index in [9.17, 15) is 19.1 Å². The molecule has 2 aliphatic rings. The second-order valence-electron chi connectivity index (χ2n) is 9.67. The fourth-order valence-corrected chi connectivity index (χ4v) is 4.78. The van der Waals surface area contributed by atoms with Gasteiger partial charge in [-0.05, 0) is 44.6 Å². The van der Waals surface area contributed by atoms with Crippen LogP contribution in [0.3, 0.4) is 0 Å². The summed E-state index contributed by atoms with van der Waals surface area (Å²) >= 11 is 0. The lowest BCUT2D eigenvalue weighted by atomic mass is 9.90. The van der Waals surface area contributed by atoms with E-state index in [1.54, 1.807) is 7.11 Å². The molecule has 0 unspecified atom stereocenters. The molecule has 2 aliphatic carbocycles. The molecule has 202 valence electrons. The molecule has 0 bridgehead atoms. The van der Waals surface area contributed by atoms with E-state index < -0.39 is 17.8 Å². The van der Waals surface area contributed by atoms with Gasteiger partial charge in [-0.15, -0.1) is 5.10 Å². The molecule has 0 atom stereocenters. The molecular weight excluding hydrogens is 495 g/mol. The first-order valence-electron chi connectivity index (χ1n) is 12.7. The van der Waals surface area contributed by atoms with Crippen molar-refractivity contribution in [2.24, 2.45) is 0 Å². The Morgan fingerprint density at radius 1 is 1.13 bits per heavy atom. The van der Waals surface area contributed by atoms with Gasteiger partial charge in [-0.1, -0.05) is 0 Å². The Morgan fingerprint density at radius 2 is 1.87 bits per heavy atom. The predicted molar refractivity (Wildman–Crippen MR) is 138 cm³/mol. The number of carbonyl (C=O) groups excluding carboxylic acids is 1. The maximum atomic E-state index is 14.1. The first kappa shape index (κ1) is 25.6. The number of nitrogens with one attached hydrogen (secondary N) is 3. The van der Waals surface area contributed by atoms with Crippen LogP contribution in [0, 0.1) is 5.82 Å². The van der Waals surface area contributed by atoms with Crippen molar-refractivity contribution in [1.29, 1.82) is 0 Å². The number of carbonyl (C=O) groups is 2. The number of anilines is 3. The lowest BCUT2D eigenvalue weighted by Gasteiger charge is -2.35. The molecule has 0 aromatic carbocycles. The molecule has 0 saturated heterocycles.